The molecule has 3 aromatic rings. The lowest BCUT2D eigenvalue weighted by Gasteiger charge is -2.11. The molecule has 0 aliphatic heterocycles. The van der Waals surface area contributed by atoms with Gasteiger partial charge < -0.3 is 10.5 Å². The maximum atomic E-state index is 9.68. The number of hydrogen-bond donors (Lipinski definition) is 1. The number of benzene rings is 2. The molecule has 0 radical (unpaired) electrons. The highest BCUT2D eigenvalue weighted by atomic mass is 16.5. The summed E-state index contributed by atoms with van der Waals surface area (Å²) in [7, 11) is 0. The van der Waals surface area contributed by atoms with E-state index in [1.807, 2.05) is 44.2 Å². The van der Waals surface area contributed by atoms with Crippen LogP contribution in [0.3, 0.4) is 0 Å². The van der Waals surface area contributed by atoms with Crippen LogP contribution in [0.15, 0.2) is 54.1 Å². The topological polar surface area (TPSA) is 95.7 Å². The molecule has 0 unspecified atom stereocenters. The maximum absolute atomic E-state index is 9.68. The van der Waals surface area contributed by atoms with Gasteiger partial charge in [0.15, 0.2) is 0 Å². The number of pyridine rings is 1. The Morgan fingerprint density at radius 2 is 1.66 bits per heavy atom. The molecule has 32 heavy (non-hydrogen) atoms. The van der Waals surface area contributed by atoms with Gasteiger partial charge >= 0.3 is 0 Å². The number of nitrogen functional groups attached to an aromatic ring is 1. The molecule has 0 saturated carbocycles. The zero-order valence-corrected chi connectivity index (χ0v) is 18.2. The van der Waals surface area contributed by atoms with Gasteiger partial charge in [0.05, 0.1) is 16.8 Å². The van der Waals surface area contributed by atoms with Gasteiger partial charge in [0.2, 0.25) is 0 Å². The summed E-state index contributed by atoms with van der Waals surface area (Å²) >= 11 is 0. The fourth-order valence-corrected chi connectivity index (χ4v) is 3.87. The Labute approximate surface area is 187 Å². The van der Waals surface area contributed by atoms with Gasteiger partial charge in [0.1, 0.15) is 30.3 Å². The first-order valence-corrected chi connectivity index (χ1v) is 10.2. The molecule has 0 amide bonds. The summed E-state index contributed by atoms with van der Waals surface area (Å²) in [4.78, 5) is 4.37. The van der Waals surface area contributed by atoms with E-state index in [2.05, 4.69) is 48.3 Å². The smallest absolute Gasteiger partial charge is 0.142 e. The largest absolute Gasteiger partial charge is 0.489 e. The number of rotatable bonds is 4. The minimum absolute atomic E-state index is 0.153. The molecule has 0 bridgehead atoms. The van der Waals surface area contributed by atoms with Crippen molar-refractivity contribution in [1.29, 1.82) is 10.5 Å². The Kier molecular flexibility index (Phi) is 5.50. The number of anilines is 1. The Morgan fingerprint density at radius 3 is 2.28 bits per heavy atom. The SMILES string of the molecule is CC1=C(C#N)c2nc(N)c(C#N)c(C)c2/C1=C\c1ccc(OCc2ccc(C)cc2)cc1. The van der Waals surface area contributed by atoms with Crippen LogP contribution in [0.5, 0.6) is 5.75 Å². The predicted octanol–water partition coefficient (Wildman–Crippen LogP) is 5.58. The van der Waals surface area contributed by atoms with Crippen molar-refractivity contribution in [3.05, 3.63) is 93.2 Å². The van der Waals surface area contributed by atoms with Gasteiger partial charge in [-0.15, -0.1) is 0 Å². The number of allylic oxidation sites excluding steroid dienone is 3. The highest BCUT2D eigenvalue weighted by Crippen LogP contribution is 2.44. The molecule has 5 heteroatoms. The van der Waals surface area contributed by atoms with Crippen LogP contribution < -0.4 is 10.5 Å². The minimum Gasteiger partial charge on any atom is -0.489 e. The normalized spacial score (nSPS) is 13.6. The van der Waals surface area contributed by atoms with Crippen LogP contribution in [0.1, 0.15) is 46.0 Å². The summed E-state index contributed by atoms with van der Waals surface area (Å²) in [5.41, 5.74) is 13.9. The van der Waals surface area contributed by atoms with Crippen molar-refractivity contribution < 1.29 is 4.74 Å². The van der Waals surface area contributed by atoms with E-state index in [1.54, 1.807) is 0 Å². The third-order valence-corrected chi connectivity index (χ3v) is 5.70. The molecule has 0 atom stereocenters. The summed E-state index contributed by atoms with van der Waals surface area (Å²) in [5, 5.41) is 19.2. The number of aromatic nitrogens is 1. The van der Waals surface area contributed by atoms with Crippen LogP contribution in [-0.2, 0) is 6.61 Å². The summed E-state index contributed by atoms with van der Waals surface area (Å²) in [5.74, 6) is 0.933. The average Bonchev–Trinajstić information content (AvgIpc) is 3.05. The predicted molar refractivity (Wildman–Crippen MR) is 126 cm³/mol. The number of nitrogens with zero attached hydrogens (tertiary/aromatic N) is 3. The lowest BCUT2D eigenvalue weighted by molar-refractivity contribution is 0.306. The average molecular weight is 419 g/mol. The second-order valence-corrected chi connectivity index (χ2v) is 7.85. The zero-order valence-electron chi connectivity index (χ0n) is 18.2. The van der Waals surface area contributed by atoms with E-state index in [4.69, 9.17) is 10.5 Å². The molecule has 0 fully saturated rings. The minimum atomic E-state index is 0.153. The molecule has 156 valence electrons. The third-order valence-electron chi connectivity index (χ3n) is 5.70. The molecule has 1 heterocycles. The molecule has 1 aromatic heterocycles. The Bertz CT molecular complexity index is 1350. The monoisotopic (exact) mass is 418 g/mol. The van der Waals surface area contributed by atoms with Crippen LogP contribution in [0.25, 0.3) is 17.2 Å². The maximum Gasteiger partial charge on any atom is 0.142 e. The molecule has 0 spiro atoms. The van der Waals surface area contributed by atoms with E-state index in [1.165, 1.54) is 5.56 Å². The van der Waals surface area contributed by atoms with Gasteiger partial charge in [-0.1, -0.05) is 42.0 Å². The first-order chi connectivity index (χ1) is 15.4. The van der Waals surface area contributed by atoms with Crippen LogP contribution in [0, 0.1) is 36.5 Å². The number of nitrogens with two attached hydrogens (primary N) is 1. The van der Waals surface area contributed by atoms with E-state index in [0.29, 0.717) is 23.4 Å². The van der Waals surface area contributed by atoms with Crippen molar-refractivity contribution in [3.8, 4) is 17.9 Å². The third kappa shape index (κ3) is 3.73. The zero-order chi connectivity index (χ0) is 22.8. The van der Waals surface area contributed by atoms with Gasteiger partial charge in [-0.3, -0.25) is 0 Å². The number of nitriles is 2. The van der Waals surface area contributed by atoms with Crippen LogP contribution in [0.2, 0.25) is 0 Å². The fourth-order valence-electron chi connectivity index (χ4n) is 3.87. The van der Waals surface area contributed by atoms with Crippen molar-refractivity contribution in [2.45, 2.75) is 27.4 Å². The lowest BCUT2D eigenvalue weighted by Crippen LogP contribution is -2.03. The first-order valence-electron chi connectivity index (χ1n) is 10.2. The molecule has 2 N–H and O–H groups in total. The quantitative estimate of drug-likeness (QED) is 0.596. The van der Waals surface area contributed by atoms with E-state index in [-0.39, 0.29) is 5.82 Å². The molecular formula is C27H22N4O. The molecule has 1 aliphatic carbocycles. The van der Waals surface area contributed by atoms with Gasteiger partial charge in [-0.25, -0.2) is 4.98 Å². The van der Waals surface area contributed by atoms with E-state index in [9.17, 15) is 10.5 Å². The van der Waals surface area contributed by atoms with Crippen LogP contribution in [-0.4, -0.2) is 4.98 Å². The second kappa shape index (κ2) is 8.41. The van der Waals surface area contributed by atoms with Crippen molar-refractivity contribution in [2.75, 3.05) is 5.73 Å². The first kappa shape index (κ1) is 20.9. The lowest BCUT2D eigenvalue weighted by atomic mass is 9.95. The molecule has 2 aromatic carbocycles. The van der Waals surface area contributed by atoms with Gasteiger partial charge in [0.25, 0.3) is 0 Å². The number of aryl methyl sites for hydroxylation is 1. The van der Waals surface area contributed by atoms with Gasteiger partial charge in [-0.2, -0.15) is 10.5 Å². The van der Waals surface area contributed by atoms with E-state index < -0.39 is 0 Å². The highest BCUT2D eigenvalue weighted by Gasteiger charge is 2.29. The number of ether oxygens (including phenoxy) is 1. The number of hydrogen-bond acceptors (Lipinski definition) is 5. The van der Waals surface area contributed by atoms with Gasteiger partial charge in [0, 0.05) is 5.56 Å². The second-order valence-electron chi connectivity index (χ2n) is 7.85. The van der Waals surface area contributed by atoms with Crippen molar-refractivity contribution >= 4 is 23.0 Å². The number of fused-ring (bicyclic) bond motifs is 1. The molecular weight excluding hydrogens is 396 g/mol. The van der Waals surface area contributed by atoms with E-state index >= 15 is 0 Å². The fraction of sp³-hybridized carbons (Fsp3) is 0.148. The van der Waals surface area contributed by atoms with Crippen LogP contribution >= 0.6 is 0 Å². The summed E-state index contributed by atoms with van der Waals surface area (Å²) in [6, 6.07) is 20.4. The Balaban J connectivity index is 1.64. The molecule has 0 saturated heterocycles. The summed E-state index contributed by atoms with van der Waals surface area (Å²) in [6.07, 6.45) is 2.01. The Hall–Kier alpha value is -4.35. The summed E-state index contributed by atoms with van der Waals surface area (Å²) in [6.45, 7) is 6.31. The Morgan fingerprint density at radius 1 is 0.969 bits per heavy atom. The molecule has 1 aliphatic rings. The van der Waals surface area contributed by atoms with Crippen molar-refractivity contribution in [2.24, 2.45) is 0 Å². The molecule has 5 nitrogen and oxygen atoms in total. The molecule has 4 rings (SSSR count). The summed E-state index contributed by atoms with van der Waals surface area (Å²) < 4.78 is 5.90. The van der Waals surface area contributed by atoms with Gasteiger partial charge in [-0.05, 0) is 66.8 Å². The standard InChI is InChI=1S/C27H22N4O/c1-16-4-6-20(7-5-16)15-32-21-10-8-19(9-11-21)12-22-17(2)23(13-28)26-25(22)18(3)24(14-29)27(30)31-26/h4-12H,15H2,1-3H3,(H2,30,31)/b22-12-. The van der Waals surface area contributed by atoms with Crippen LogP contribution in [0.4, 0.5) is 5.82 Å². The van der Waals surface area contributed by atoms with Crippen molar-refractivity contribution in [3.63, 3.8) is 0 Å². The van der Waals surface area contributed by atoms with E-state index in [0.717, 1.165) is 39.1 Å². The highest BCUT2D eigenvalue weighted by molar-refractivity contribution is 6.08. The van der Waals surface area contributed by atoms with Crippen molar-refractivity contribution in [1.82, 2.24) is 4.98 Å².